The van der Waals surface area contributed by atoms with Crippen molar-refractivity contribution in [2.45, 2.75) is 18.4 Å². The number of benzene rings is 1. The van der Waals surface area contributed by atoms with E-state index in [-0.39, 0.29) is 0 Å². The minimum absolute atomic E-state index is 0.330. The van der Waals surface area contributed by atoms with Crippen LogP contribution in [-0.4, -0.2) is 31.2 Å². The van der Waals surface area contributed by atoms with Gasteiger partial charge in [0.25, 0.3) is 0 Å². The predicted molar refractivity (Wildman–Crippen MR) is 81.5 cm³/mol. The average Bonchev–Trinajstić information content (AvgIpc) is 2.90. The maximum Gasteiger partial charge on any atom is 0.242 e. The fourth-order valence-electron chi connectivity index (χ4n) is 1.79. The number of aromatic nitrogens is 1. The summed E-state index contributed by atoms with van der Waals surface area (Å²) >= 11 is 1.40. The normalized spacial score (nSPS) is 11.8. The predicted octanol–water partition coefficient (Wildman–Crippen LogP) is 2.31. The summed E-state index contributed by atoms with van der Waals surface area (Å²) in [6, 6.07) is 5.25. The highest BCUT2D eigenvalue weighted by molar-refractivity contribution is 7.89. The number of sulfonamides is 1. The Labute approximate surface area is 123 Å². The van der Waals surface area contributed by atoms with E-state index in [0.717, 1.165) is 16.8 Å². The molecule has 2 aromatic rings. The van der Waals surface area contributed by atoms with Gasteiger partial charge in [0.05, 0.1) is 4.90 Å². The van der Waals surface area contributed by atoms with Crippen LogP contribution in [0.15, 0.2) is 34.7 Å². The lowest BCUT2D eigenvalue weighted by atomic mass is 10.2. The molecule has 0 aliphatic heterocycles. The largest absolute Gasteiger partial charge is 0.381 e. The number of hydrogen-bond donors (Lipinski definition) is 1. The molecule has 108 valence electrons. The van der Waals surface area contributed by atoms with Gasteiger partial charge in [0, 0.05) is 43.5 Å². The molecule has 0 spiro atoms. The zero-order valence-electron chi connectivity index (χ0n) is 11.6. The fraction of sp³-hybridized carbons (Fsp3) is 0.308. The summed E-state index contributed by atoms with van der Waals surface area (Å²) in [7, 11) is -0.352. The summed E-state index contributed by atoms with van der Waals surface area (Å²) < 4.78 is 29.7. The highest BCUT2D eigenvalue weighted by atomic mass is 32.2. The number of nitrogens with one attached hydrogen (secondary N) is 1. The van der Waals surface area contributed by atoms with Gasteiger partial charge in [0.15, 0.2) is 0 Å². The summed E-state index contributed by atoms with van der Waals surface area (Å²) in [6.07, 6.45) is 1.80. The third-order valence-electron chi connectivity index (χ3n) is 3.01. The van der Waals surface area contributed by atoms with E-state index in [1.807, 2.05) is 18.4 Å². The van der Waals surface area contributed by atoms with E-state index in [1.165, 1.54) is 29.9 Å². The molecule has 0 amide bonds. The molecule has 0 radical (unpaired) electrons. The molecule has 0 unspecified atom stereocenters. The van der Waals surface area contributed by atoms with Crippen LogP contribution in [0.25, 0.3) is 0 Å². The molecule has 0 saturated carbocycles. The van der Waals surface area contributed by atoms with Gasteiger partial charge in [-0.1, -0.05) is 6.07 Å². The van der Waals surface area contributed by atoms with Crippen molar-refractivity contribution in [2.24, 2.45) is 0 Å². The van der Waals surface area contributed by atoms with Gasteiger partial charge in [-0.3, -0.25) is 0 Å². The van der Waals surface area contributed by atoms with Crippen LogP contribution >= 0.6 is 11.5 Å². The summed E-state index contributed by atoms with van der Waals surface area (Å²) in [5.41, 5.74) is 2.62. The summed E-state index contributed by atoms with van der Waals surface area (Å²) in [5.74, 6) is 0. The van der Waals surface area contributed by atoms with Gasteiger partial charge < -0.3 is 5.32 Å². The molecule has 5 nitrogen and oxygen atoms in total. The van der Waals surface area contributed by atoms with Crippen molar-refractivity contribution < 1.29 is 8.42 Å². The first-order chi connectivity index (χ1) is 9.43. The second kappa shape index (κ2) is 5.90. The van der Waals surface area contributed by atoms with Crippen molar-refractivity contribution in [3.63, 3.8) is 0 Å². The van der Waals surface area contributed by atoms with Gasteiger partial charge in [0.2, 0.25) is 10.0 Å². The SMILES string of the molecule is Cc1c(NCc2cnsc2)cccc1S(=O)(=O)N(C)C. The highest BCUT2D eigenvalue weighted by Crippen LogP contribution is 2.25. The van der Waals surface area contributed by atoms with E-state index < -0.39 is 10.0 Å². The van der Waals surface area contributed by atoms with Gasteiger partial charge >= 0.3 is 0 Å². The minimum Gasteiger partial charge on any atom is -0.381 e. The molecule has 0 aliphatic rings. The van der Waals surface area contributed by atoms with Crippen LogP contribution in [0.2, 0.25) is 0 Å². The Balaban J connectivity index is 2.28. The minimum atomic E-state index is -3.42. The first-order valence-corrected chi connectivity index (χ1v) is 8.35. The van der Waals surface area contributed by atoms with Crippen LogP contribution < -0.4 is 5.32 Å². The third-order valence-corrected chi connectivity index (χ3v) is 5.60. The molecule has 1 aromatic carbocycles. The summed E-state index contributed by atoms with van der Waals surface area (Å²) in [6.45, 7) is 2.44. The second-order valence-electron chi connectivity index (χ2n) is 4.60. The van der Waals surface area contributed by atoms with Gasteiger partial charge in [0.1, 0.15) is 0 Å². The second-order valence-corrected chi connectivity index (χ2v) is 7.38. The van der Waals surface area contributed by atoms with Crippen LogP contribution in [0.3, 0.4) is 0 Å². The number of anilines is 1. The Bertz CT molecular complexity index is 680. The van der Waals surface area contributed by atoms with E-state index in [9.17, 15) is 8.42 Å². The van der Waals surface area contributed by atoms with Crippen LogP contribution in [-0.2, 0) is 16.6 Å². The van der Waals surface area contributed by atoms with Crippen LogP contribution in [0.1, 0.15) is 11.1 Å². The lowest BCUT2D eigenvalue weighted by Crippen LogP contribution is -2.23. The van der Waals surface area contributed by atoms with Crippen molar-refractivity contribution in [3.05, 3.63) is 40.9 Å². The zero-order chi connectivity index (χ0) is 14.8. The van der Waals surface area contributed by atoms with E-state index in [2.05, 4.69) is 9.69 Å². The van der Waals surface area contributed by atoms with Crippen molar-refractivity contribution in [2.75, 3.05) is 19.4 Å². The van der Waals surface area contributed by atoms with Crippen LogP contribution in [0, 0.1) is 6.92 Å². The maximum atomic E-state index is 12.2. The topological polar surface area (TPSA) is 62.3 Å². The monoisotopic (exact) mass is 311 g/mol. The molecule has 0 atom stereocenters. The Morgan fingerprint density at radius 3 is 2.70 bits per heavy atom. The van der Waals surface area contributed by atoms with Gasteiger partial charge in [-0.15, -0.1) is 0 Å². The molecule has 1 aromatic heterocycles. The Kier molecular flexibility index (Phi) is 4.42. The first-order valence-electron chi connectivity index (χ1n) is 6.07. The number of rotatable bonds is 5. The molecule has 0 aliphatic carbocycles. The quantitative estimate of drug-likeness (QED) is 0.920. The lowest BCUT2D eigenvalue weighted by molar-refractivity contribution is 0.520. The Morgan fingerprint density at radius 2 is 2.10 bits per heavy atom. The molecular weight excluding hydrogens is 294 g/mol. The molecule has 0 fully saturated rings. The van der Waals surface area contributed by atoms with Crippen molar-refractivity contribution in [3.8, 4) is 0 Å². The van der Waals surface area contributed by atoms with Gasteiger partial charge in [-0.2, -0.15) is 0 Å². The molecule has 20 heavy (non-hydrogen) atoms. The lowest BCUT2D eigenvalue weighted by Gasteiger charge is -2.16. The van der Waals surface area contributed by atoms with Crippen molar-refractivity contribution >= 4 is 27.2 Å². The zero-order valence-corrected chi connectivity index (χ0v) is 13.3. The van der Waals surface area contributed by atoms with E-state index in [0.29, 0.717) is 11.4 Å². The van der Waals surface area contributed by atoms with Gasteiger partial charge in [-0.25, -0.2) is 17.1 Å². The Morgan fingerprint density at radius 1 is 1.35 bits per heavy atom. The molecule has 0 saturated heterocycles. The smallest absolute Gasteiger partial charge is 0.242 e. The fourth-order valence-corrected chi connectivity index (χ4v) is 3.47. The summed E-state index contributed by atoms with van der Waals surface area (Å²) in [4.78, 5) is 0.330. The van der Waals surface area contributed by atoms with Crippen molar-refractivity contribution in [1.29, 1.82) is 0 Å². The molecule has 2 rings (SSSR count). The summed E-state index contributed by atoms with van der Waals surface area (Å²) in [5, 5.41) is 5.21. The number of nitrogens with zero attached hydrogens (tertiary/aromatic N) is 2. The van der Waals surface area contributed by atoms with Crippen LogP contribution in [0.5, 0.6) is 0 Å². The molecular formula is C13H17N3O2S2. The van der Waals surface area contributed by atoms with Crippen LogP contribution in [0.4, 0.5) is 5.69 Å². The van der Waals surface area contributed by atoms with E-state index in [1.54, 1.807) is 18.3 Å². The average molecular weight is 311 g/mol. The molecule has 0 bridgehead atoms. The standard InChI is InChI=1S/C13H17N3O2S2/c1-10-12(14-7-11-8-15-19-9-11)5-4-6-13(10)20(17,18)16(2)3/h4-6,8-9,14H,7H2,1-3H3. The third kappa shape index (κ3) is 3.00. The molecule has 1 N–H and O–H groups in total. The van der Waals surface area contributed by atoms with E-state index >= 15 is 0 Å². The van der Waals surface area contributed by atoms with Gasteiger partial charge in [-0.05, 0) is 36.2 Å². The highest BCUT2D eigenvalue weighted by Gasteiger charge is 2.20. The number of hydrogen-bond acceptors (Lipinski definition) is 5. The molecule has 7 heteroatoms. The first kappa shape index (κ1) is 15.0. The Hall–Kier alpha value is -1.44. The van der Waals surface area contributed by atoms with Crippen molar-refractivity contribution in [1.82, 2.24) is 8.68 Å². The molecule has 1 heterocycles. The maximum absolute atomic E-state index is 12.2. The van der Waals surface area contributed by atoms with E-state index in [4.69, 9.17) is 0 Å².